The maximum absolute atomic E-state index is 11.3. The minimum Gasteiger partial charge on any atom is -0.450 e. The number of ether oxygens (including phenoxy) is 1. The lowest BCUT2D eigenvalue weighted by atomic mass is 10.1. The molecule has 0 aliphatic carbocycles. The topological polar surface area (TPSA) is 53.6 Å². The third-order valence-corrected chi connectivity index (χ3v) is 2.68. The Balaban J connectivity index is 1.94. The Labute approximate surface area is 97.5 Å². The third-order valence-electron chi connectivity index (χ3n) is 2.68. The van der Waals surface area contributed by atoms with E-state index in [4.69, 9.17) is 4.74 Å². The van der Waals surface area contributed by atoms with Crippen LogP contribution in [-0.4, -0.2) is 57.9 Å². The molecule has 0 spiro atoms. The van der Waals surface area contributed by atoms with E-state index in [0.717, 1.165) is 39.0 Å². The summed E-state index contributed by atoms with van der Waals surface area (Å²) in [4.78, 5) is 13.4. The normalized spacial score (nSPS) is 20.1. The van der Waals surface area contributed by atoms with Crippen molar-refractivity contribution in [1.82, 2.24) is 15.5 Å². The van der Waals surface area contributed by atoms with Crippen molar-refractivity contribution < 1.29 is 9.53 Å². The second kappa shape index (κ2) is 7.46. The number of amides is 1. The lowest BCUT2D eigenvalue weighted by Gasteiger charge is -2.12. The molecule has 94 valence electrons. The molecule has 1 aliphatic rings. The maximum atomic E-state index is 11.3. The van der Waals surface area contributed by atoms with E-state index in [1.165, 1.54) is 0 Å². The van der Waals surface area contributed by atoms with Gasteiger partial charge in [-0.05, 0) is 45.9 Å². The fraction of sp³-hybridized carbons (Fsp3) is 0.909. The van der Waals surface area contributed by atoms with Gasteiger partial charge in [0.1, 0.15) is 0 Å². The molecule has 0 aromatic heterocycles. The number of hydrogen-bond donors (Lipinski definition) is 2. The number of carbonyl (C=O) groups excluding carboxylic acids is 1. The van der Waals surface area contributed by atoms with E-state index in [0.29, 0.717) is 12.5 Å². The first-order valence-corrected chi connectivity index (χ1v) is 5.94. The molecule has 0 bridgehead atoms. The Morgan fingerprint density at radius 3 is 3.00 bits per heavy atom. The average molecular weight is 229 g/mol. The van der Waals surface area contributed by atoms with Crippen LogP contribution in [0.2, 0.25) is 0 Å². The molecule has 0 radical (unpaired) electrons. The van der Waals surface area contributed by atoms with Crippen LogP contribution in [0.5, 0.6) is 0 Å². The molecule has 2 N–H and O–H groups in total. The quantitative estimate of drug-likeness (QED) is 0.642. The molecule has 1 aliphatic heterocycles. The van der Waals surface area contributed by atoms with Crippen molar-refractivity contribution in [2.45, 2.75) is 12.8 Å². The van der Waals surface area contributed by atoms with Gasteiger partial charge in [-0.25, -0.2) is 4.79 Å². The van der Waals surface area contributed by atoms with Crippen LogP contribution in [0.4, 0.5) is 4.79 Å². The standard InChI is InChI=1S/C11H23N3O2/c1-14(2)6-3-7-16-11(15)13-9-10-4-5-12-8-10/h10,12H,3-9H2,1-2H3,(H,13,15). The van der Waals surface area contributed by atoms with Gasteiger partial charge in [0.15, 0.2) is 0 Å². The van der Waals surface area contributed by atoms with Gasteiger partial charge in [-0.2, -0.15) is 0 Å². The predicted molar refractivity (Wildman–Crippen MR) is 63.5 cm³/mol. The largest absolute Gasteiger partial charge is 0.450 e. The molecule has 16 heavy (non-hydrogen) atoms. The first kappa shape index (κ1) is 13.3. The molecule has 1 atom stereocenters. The zero-order valence-corrected chi connectivity index (χ0v) is 10.3. The first-order chi connectivity index (χ1) is 7.68. The summed E-state index contributed by atoms with van der Waals surface area (Å²) in [7, 11) is 4.01. The molecule has 0 aromatic carbocycles. The minimum absolute atomic E-state index is 0.286. The lowest BCUT2D eigenvalue weighted by molar-refractivity contribution is 0.140. The molecule has 1 rings (SSSR count). The van der Waals surface area contributed by atoms with Crippen LogP contribution in [0.3, 0.4) is 0 Å². The number of nitrogens with zero attached hydrogens (tertiary/aromatic N) is 1. The second-order valence-electron chi connectivity index (χ2n) is 4.53. The highest BCUT2D eigenvalue weighted by atomic mass is 16.5. The molecule has 0 saturated carbocycles. The average Bonchev–Trinajstić information content (AvgIpc) is 2.74. The van der Waals surface area contributed by atoms with Crippen molar-refractivity contribution in [2.24, 2.45) is 5.92 Å². The van der Waals surface area contributed by atoms with E-state index >= 15 is 0 Å². The molecular weight excluding hydrogens is 206 g/mol. The van der Waals surface area contributed by atoms with Gasteiger partial charge in [-0.15, -0.1) is 0 Å². The number of rotatable bonds is 6. The fourth-order valence-electron chi connectivity index (χ4n) is 1.71. The highest BCUT2D eigenvalue weighted by Crippen LogP contribution is 2.05. The van der Waals surface area contributed by atoms with Crippen LogP contribution in [0, 0.1) is 5.92 Å². The summed E-state index contributed by atoms with van der Waals surface area (Å²) < 4.78 is 5.06. The molecular formula is C11H23N3O2. The smallest absolute Gasteiger partial charge is 0.407 e. The van der Waals surface area contributed by atoms with E-state index in [-0.39, 0.29) is 6.09 Å². The van der Waals surface area contributed by atoms with Gasteiger partial charge in [0.25, 0.3) is 0 Å². The number of hydrogen-bond acceptors (Lipinski definition) is 4. The van der Waals surface area contributed by atoms with Crippen LogP contribution in [0.25, 0.3) is 0 Å². The number of carbonyl (C=O) groups is 1. The molecule has 1 fully saturated rings. The first-order valence-electron chi connectivity index (χ1n) is 5.94. The van der Waals surface area contributed by atoms with Gasteiger partial charge in [-0.3, -0.25) is 0 Å². The highest BCUT2D eigenvalue weighted by Gasteiger charge is 2.15. The van der Waals surface area contributed by atoms with Gasteiger partial charge >= 0.3 is 6.09 Å². The van der Waals surface area contributed by atoms with Gasteiger partial charge in [-0.1, -0.05) is 0 Å². The van der Waals surface area contributed by atoms with Crippen molar-refractivity contribution in [3.63, 3.8) is 0 Å². The summed E-state index contributed by atoms with van der Waals surface area (Å²) in [5.41, 5.74) is 0. The summed E-state index contributed by atoms with van der Waals surface area (Å²) in [5, 5.41) is 6.06. The Kier molecular flexibility index (Phi) is 6.18. The van der Waals surface area contributed by atoms with Crippen molar-refractivity contribution in [3.8, 4) is 0 Å². The van der Waals surface area contributed by atoms with E-state index in [1.54, 1.807) is 0 Å². The Hall–Kier alpha value is -0.810. The Morgan fingerprint density at radius 1 is 1.56 bits per heavy atom. The van der Waals surface area contributed by atoms with E-state index < -0.39 is 0 Å². The maximum Gasteiger partial charge on any atom is 0.407 e. The third kappa shape index (κ3) is 5.92. The highest BCUT2D eigenvalue weighted by molar-refractivity contribution is 5.67. The molecule has 5 heteroatoms. The lowest BCUT2D eigenvalue weighted by Crippen LogP contribution is -2.31. The summed E-state index contributed by atoms with van der Waals surface area (Å²) in [6, 6.07) is 0. The zero-order valence-electron chi connectivity index (χ0n) is 10.3. The summed E-state index contributed by atoms with van der Waals surface area (Å²) in [5.74, 6) is 0.564. The molecule has 1 amide bonds. The van der Waals surface area contributed by atoms with Gasteiger partial charge < -0.3 is 20.3 Å². The number of alkyl carbamates (subject to hydrolysis) is 1. The molecule has 5 nitrogen and oxygen atoms in total. The fourth-order valence-corrected chi connectivity index (χ4v) is 1.71. The molecule has 1 saturated heterocycles. The van der Waals surface area contributed by atoms with Gasteiger partial charge in [0, 0.05) is 13.1 Å². The SMILES string of the molecule is CN(C)CCCOC(=O)NCC1CCNC1. The van der Waals surface area contributed by atoms with Crippen molar-refractivity contribution in [1.29, 1.82) is 0 Å². The Morgan fingerprint density at radius 2 is 2.38 bits per heavy atom. The molecule has 0 aromatic rings. The van der Waals surface area contributed by atoms with E-state index in [1.807, 2.05) is 14.1 Å². The van der Waals surface area contributed by atoms with Gasteiger partial charge in [0.2, 0.25) is 0 Å². The van der Waals surface area contributed by atoms with Crippen LogP contribution < -0.4 is 10.6 Å². The van der Waals surface area contributed by atoms with E-state index in [9.17, 15) is 4.79 Å². The van der Waals surface area contributed by atoms with Crippen molar-refractivity contribution >= 4 is 6.09 Å². The Bertz CT molecular complexity index is 203. The zero-order chi connectivity index (χ0) is 11.8. The molecule has 1 unspecified atom stereocenters. The van der Waals surface area contributed by atoms with Crippen LogP contribution in [0.15, 0.2) is 0 Å². The predicted octanol–water partition coefficient (Wildman–Crippen LogP) is 0.274. The van der Waals surface area contributed by atoms with Crippen LogP contribution >= 0.6 is 0 Å². The monoisotopic (exact) mass is 229 g/mol. The summed E-state index contributed by atoms with van der Waals surface area (Å²) in [6.45, 7) is 4.22. The van der Waals surface area contributed by atoms with Crippen molar-refractivity contribution in [3.05, 3.63) is 0 Å². The number of nitrogens with one attached hydrogen (secondary N) is 2. The van der Waals surface area contributed by atoms with Gasteiger partial charge in [0.05, 0.1) is 6.61 Å². The minimum atomic E-state index is -0.286. The van der Waals surface area contributed by atoms with Crippen molar-refractivity contribution in [2.75, 3.05) is 46.9 Å². The summed E-state index contributed by atoms with van der Waals surface area (Å²) >= 11 is 0. The summed E-state index contributed by atoms with van der Waals surface area (Å²) in [6.07, 6.45) is 1.73. The van der Waals surface area contributed by atoms with Crippen LogP contribution in [-0.2, 0) is 4.74 Å². The molecule has 1 heterocycles. The second-order valence-corrected chi connectivity index (χ2v) is 4.53. The van der Waals surface area contributed by atoms with E-state index in [2.05, 4.69) is 15.5 Å². The van der Waals surface area contributed by atoms with Crippen LogP contribution in [0.1, 0.15) is 12.8 Å².